The highest BCUT2D eigenvalue weighted by atomic mass is 32.1. The van der Waals surface area contributed by atoms with Crippen LogP contribution in [0.2, 0.25) is 0 Å². The summed E-state index contributed by atoms with van der Waals surface area (Å²) in [5.74, 6) is 0.421. The summed E-state index contributed by atoms with van der Waals surface area (Å²) in [4.78, 5) is 32.0. The SMILES string of the molecule is CCC(CC)C(=O)N1CCC(NC(=O)Cc2cn3ccsc3n2)CC1. The first-order chi connectivity index (χ1) is 12.1. The molecule has 0 aromatic carbocycles. The van der Waals surface area contributed by atoms with E-state index in [1.807, 2.05) is 27.1 Å². The average molecular weight is 362 g/mol. The summed E-state index contributed by atoms with van der Waals surface area (Å²) < 4.78 is 1.94. The van der Waals surface area contributed by atoms with Crippen molar-refractivity contribution in [3.05, 3.63) is 23.5 Å². The lowest BCUT2D eigenvalue weighted by Crippen LogP contribution is -2.48. The largest absolute Gasteiger partial charge is 0.353 e. The number of carbonyl (C=O) groups excluding carboxylic acids is 2. The van der Waals surface area contributed by atoms with Gasteiger partial charge in [-0.25, -0.2) is 4.98 Å². The van der Waals surface area contributed by atoms with Crippen LogP contribution in [0.25, 0.3) is 4.96 Å². The highest BCUT2D eigenvalue weighted by Gasteiger charge is 2.27. The van der Waals surface area contributed by atoms with Gasteiger partial charge in [-0.05, 0) is 25.7 Å². The summed E-state index contributed by atoms with van der Waals surface area (Å²) in [6, 6.07) is 0.155. The molecule has 1 aliphatic heterocycles. The molecule has 1 N–H and O–H groups in total. The first kappa shape index (κ1) is 17.9. The van der Waals surface area contributed by atoms with Crippen molar-refractivity contribution in [1.29, 1.82) is 0 Å². The van der Waals surface area contributed by atoms with Crippen LogP contribution in [0.5, 0.6) is 0 Å². The molecule has 1 fully saturated rings. The van der Waals surface area contributed by atoms with E-state index < -0.39 is 0 Å². The van der Waals surface area contributed by atoms with Gasteiger partial charge in [-0.15, -0.1) is 11.3 Å². The lowest BCUT2D eigenvalue weighted by atomic mass is 9.98. The Morgan fingerprint density at radius 3 is 2.68 bits per heavy atom. The third kappa shape index (κ3) is 4.21. The maximum absolute atomic E-state index is 12.4. The molecule has 0 aliphatic carbocycles. The van der Waals surface area contributed by atoms with Gasteiger partial charge >= 0.3 is 0 Å². The summed E-state index contributed by atoms with van der Waals surface area (Å²) in [5, 5.41) is 5.07. The van der Waals surface area contributed by atoms with Crippen LogP contribution in [0, 0.1) is 5.92 Å². The number of piperidine rings is 1. The summed E-state index contributed by atoms with van der Waals surface area (Å²) >= 11 is 1.56. The monoisotopic (exact) mass is 362 g/mol. The fraction of sp³-hybridized carbons (Fsp3) is 0.611. The molecule has 1 saturated heterocycles. The van der Waals surface area contributed by atoms with Gasteiger partial charge < -0.3 is 10.2 Å². The van der Waals surface area contributed by atoms with Crippen molar-refractivity contribution in [2.24, 2.45) is 5.92 Å². The summed E-state index contributed by atoms with van der Waals surface area (Å²) in [5.41, 5.74) is 0.797. The van der Waals surface area contributed by atoms with Crippen LogP contribution in [-0.4, -0.2) is 45.2 Å². The van der Waals surface area contributed by atoms with Crippen LogP contribution in [0.15, 0.2) is 17.8 Å². The maximum atomic E-state index is 12.4. The maximum Gasteiger partial charge on any atom is 0.226 e. The Hall–Kier alpha value is -1.89. The number of rotatable bonds is 6. The van der Waals surface area contributed by atoms with E-state index in [-0.39, 0.29) is 23.8 Å². The van der Waals surface area contributed by atoms with Crippen LogP contribution < -0.4 is 5.32 Å². The lowest BCUT2D eigenvalue weighted by molar-refractivity contribution is -0.137. The van der Waals surface area contributed by atoms with Gasteiger partial charge in [0.15, 0.2) is 4.96 Å². The minimum atomic E-state index is 0.00974. The Labute approximate surface area is 152 Å². The summed E-state index contributed by atoms with van der Waals surface area (Å²) in [7, 11) is 0. The predicted octanol–water partition coefficient (Wildman–Crippen LogP) is 2.48. The molecule has 0 saturated carbocycles. The number of hydrogen-bond donors (Lipinski definition) is 1. The van der Waals surface area contributed by atoms with Crippen molar-refractivity contribution in [2.75, 3.05) is 13.1 Å². The molecule has 0 radical (unpaired) electrons. The van der Waals surface area contributed by atoms with E-state index in [2.05, 4.69) is 24.1 Å². The third-order valence-corrected chi connectivity index (χ3v) is 5.76. The normalized spacial score (nSPS) is 15.9. The second-order valence-electron chi connectivity index (χ2n) is 6.68. The number of hydrogen-bond acceptors (Lipinski definition) is 4. The van der Waals surface area contributed by atoms with E-state index in [1.165, 1.54) is 0 Å². The Kier molecular flexibility index (Phi) is 5.73. The molecule has 0 unspecified atom stereocenters. The first-order valence-electron chi connectivity index (χ1n) is 9.10. The minimum Gasteiger partial charge on any atom is -0.353 e. The number of likely N-dealkylation sites (tertiary alicyclic amines) is 1. The zero-order valence-electron chi connectivity index (χ0n) is 14.9. The van der Waals surface area contributed by atoms with Gasteiger partial charge in [0.2, 0.25) is 11.8 Å². The van der Waals surface area contributed by atoms with E-state index in [1.54, 1.807) is 11.3 Å². The van der Waals surface area contributed by atoms with Crippen LogP contribution in [0.3, 0.4) is 0 Å². The molecule has 1 aliphatic rings. The van der Waals surface area contributed by atoms with Gasteiger partial charge in [0.1, 0.15) is 0 Å². The highest BCUT2D eigenvalue weighted by Crippen LogP contribution is 2.17. The Bertz CT molecular complexity index is 698. The molecule has 3 heterocycles. The molecular weight excluding hydrogens is 336 g/mol. The fourth-order valence-corrected chi connectivity index (χ4v) is 4.16. The van der Waals surface area contributed by atoms with Crippen molar-refractivity contribution in [2.45, 2.75) is 52.0 Å². The van der Waals surface area contributed by atoms with Crippen LogP contribution >= 0.6 is 11.3 Å². The van der Waals surface area contributed by atoms with Gasteiger partial charge in [0, 0.05) is 42.8 Å². The molecule has 0 spiro atoms. The molecule has 2 aromatic heterocycles. The second kappa shape index (κ2) is 7.99. The molecule has 25 heavy (non-hydrogen) atoms. The number of imidazole rings is 1. The van der Waals surface area contributed by atoms with Crippen molar-refractivity contribution < 1.29 is 9.59 Å². The Morgan fingerprint density at radius 2 is 2.04 bits per heavy atom. The quantitative estimate of drug-likeness (QED) is 0.858. The van der Waals surface area contributed by atoms with E-state index in [9.17, 15) is 9.59 Å². The zero-order valence-corrected chi connectivity index (χ0v) is 15.7. The topological polar surface area (TPSA) is 66.7 Å². The first-order valence-corrected chi connectivity index (χ1v) is 9.97. The molecule has 2 aromatic rings. The van der Waals surface area contributed by atoms with Crippen molar-refractivity contribution in [3.8, 4) is 0 Å². The number of carbonyl (C=O) groups is 2. The number of nitrogens with one attached hydrogen (secondary N) is 1. The number of thiazole rings is 1. The molecule has 3 rings (SSSR count). The predicted molar refractivity (Wildman–Crippen MR) is 98.6 cm³/mol. The van der Waals surface area contributed by atoms with Crippen molar-refractivity contribution in [1.82, 2.24) is 19.6 Å². The zero-order chi connectivity index (χ0) is 17.8. The number of amides is 2. The minimum absolute atomic E-state index is 0.00974. The Balaban J connectivity index is 1.46. The van der Waals surface area contributed by atoms with Gasteiger partial charge in [0.25, 0.3) is 0 Å². The van der Waals surface area contributed by atoms with Crippen molar-refractivity contribution in [3.63, 3.8) is 0 Å². The molecule has 0 atom stereocenters. The van der Waals surface area contributed by atoms with Gasteiger partial charge in [-0.3, -0.25) is 14.0 Å². The van der Waals surface area contributed by atoms with E-state index in [0.29, 0.717) is 6.42 Å². The molecule has 7 heteroatoms. The molecular formula is C18H26N4O2S. The van der Waals surface area contributed by atoms with Crippen LogP contribution in [-0.2, 0) is 16.0 Å². The van der Waals surface area contributed by atoms with E-state index >= 15 is 0 Å². The molecule has 6 nitrogen and oxygen atoms in total. The van der Waals surface area contributed by atoms with E-state index in [4.69, 9.17) is 0 Å². The number of fused-ring (bicyclic) bond motifs is 1. The lowest BCUT2D eigenvalue weighted by Gasteiger charge is -2.34. The fourth-order valence-electron chi connectivity index (χ4n) is 3.44. The van der Waals surface area contributed by atoms with Crippen LogP contribution in [0.1, 0.15) is 45.2 Å². The van der Waals surface area contributed by atoms with Crippen LogP contribution in [0.4, 0.5) is 0 Å². The van der Waals surface area contributed by atoms with Gasteiger partial charge in [-0.1, -0.05) is 13.8 Å². The Morgan fingerprint density at radius 1 is 1.32 bits per heavy atom. The summed E-state index contributed by atoms with van der Waals surface area (Å²) in [6.07, 6.45) is 7.61. The molecule has 136 valence electrons. The second-order valence-corrected chi connectivity index (χ2v) is 7.56. The number of nitrogens with zero attached hydrogens (tertiary/aromatic N) is 3. The standard InChI is InChI=1S/C18H26N4O2S/c1-3-13(4-2)17(24)21-7-5-14(6-8-21)19-16(23)11-15-12-22-9-10-25-18(22)20-15/h9-10,12-14H,3-8,11H2,1-2H3,(H,19,23). The molecule has 2 amide bonds. The molecule has 0 bridgehead atoms. The van der Waals surface area contributed by atoms with E-state index in [0.717, 1.165) is 49.4 Å². The number of aromatic nitrogens is 2. The third-order valence-electron chi connectivity index (χ3n) is 4.99. The summed E-state index contributed by atoms with van der Waals surface area (Å²) in [6.45, 7) is 5.61. The van der Waals surface area contributed by atoms with Gasteiger partial charge in [-0.2, -0.15) is 0 Å². The smallest absolute Gasteiger partial charge is 0.226 e. The van der Waals surface area contributed by atoms with Gasteiger partial charge in [0.05, 0.1) is 12.1 Å². The highest BCUT2D eigenvalue weighted by molar-refractivity contribution is 7.15. The average Bonchev–Trinajstić information content (AvgIpc) is 3.17. The van der Waals surface area contributed by atoms with Crippen molar-refractivity contribution >= 4 is 28.1 Å².